The van der Waals surface area contributed by atoms with Gasteiger partial charge in [0.15, 0.2) is 0 Å². The highest BCUT2D eigenvalue weighted by molar-refractivity contribution is 5.95. The van der Waals surface area contributed by atoms with E-state index in [1.165, 1.54) is 25.7 Å². The molecule has 8 heteroatoms. The molecule has 112 valence electrons. The molecule has 22 heavy (non-hydrogen) atoms. The molecule has 2 aromatic rings. The highest BCUT2D eigenvalue weighted by Crippen LogP contribution is 2.10. The van der Waals surface area contributed by atoms with E-state index in [-0.39, 0.29) is 12.1 Å². The number of aromatic nitrogens is 3. The van der Waals surface area contributed by atoms with E-state index in [2.05, 4.69) is 25.1 Å². The summed E-state index contributed by atoms with van der Waals surface area (Å²) in [6.07, 6.45) is 4.64. The minimum absolute atomic E-state index is 0.144. The lowest BCUT2D eigenvalue weighted by molar-refractivity contribution is -0.142. The molecule has 0 radical (unpaired) electrons. The summed E-state index contributed by atoms with van der Waals surface area (Å²) in [5.41, 5.74) is 1.28. The molecule has 8 nitrogen and oxygen atoms in total. The highest BCUT2D eigenvalue weighted by atomic mass is 16.5. The fraction of sp³-hybridized carbons (Fsp3) is 0.214. The molecule has 1 amide bonds. The van der Waals surface area contributed by atoms with Crippen LogP contribution in [0.25, 0.3) is 4.85 Å². The van der Waals surface area contributed by atoms with Crippen molar-refractivity contribution in [3.05, 3.63) is 47.1 Å². The zero-order valence-corrected chi connectivity index (χ0v) is 11.8. The number of ether oxygens (including phenoxy) is 1. The molecule has 0 aliphatic rings. The fourth-order valence-electron chi connectivity index (χ4n) is 1.78. The van der Waals surface area contributed by atoms with Crippen molar-refractivity contribution in [2.24, 2.45) is 0 Å². The van der Waals surface area contributed by atoms with E-state index in [0.29, 0.717) is 11.4 Å². The Balaban J connectivity index is 2.10. The molecule has 2 rings (SSSR count). The van der Waals surface area contributed by atoms with Crippen molar-refractivity contribution >= 4 is 17.6 Å². The number of hydrogen-bond acceptors (Lipinski definition) is 5. The molecule has 0 aliphatic carbocycles. The standard InChI is InChI=1S/C14H13N5O3/c1-15-9-3-4-11(17-7-9)13(20)19-12(14(21)22-2)5-10-6-16-8-18-10/h1,3-4,6-8,12H,5H2,2H3,(H-,16,18,19,20)/p+1/t12-/m1/s1. The number of hydrogen-bond donors (Lipinski definition) is 2. The second kappa shape index (κ2) is 6.99. The lowest BCUT2D eigenvalue weighted by Gasteiger charge is -2.15. The number of imidazole rings is 1. The quantitative estimate of drug-likeness (QED) is 0.799. The smallest absolute Gasteiger partial charge is 0.357 e. The Morgan fingerprint density at radius 2 is 2.27 bits per heavy atom. The van der Waals surface area contributed by atoms with Crippen LogP contribution in [0.15, 0.2) is 30.9 Å². The minimum Gasteiger partial charge on any atom is -0.467 e. The Hall–Kier alpha value is -3.21. The number of aromatic amines is 1. The van der Waals surface area contributed by atoms with E-state index in [1.54, 1.807) is 12.3 Å². The van der Waals surface area contributed by atoms with Crippen LogP contribution in [0.5, 0.6) is 0 Å². The lowest BCUT2D eigenvalue weighted by atomic mass is 10.1. The van der Waals surface area contributed by atoms with Crippen LogP contribution >= 0.6 is 0 Å². The molecule has 0 bridgehead atoms. The first kappa shape index (κ1) is 15.2. The summed E-state index contributed by atoms with van der Waals surface area (Å²) in [4.78, 5) is 38.0. The van der Waals surface area contributed by atoms with Gasteiger partial charge in [-0.25, -0.2) is 14.8 Å². The van der Waals surface area contributed by atoms with Crippen molar-refractivity contribution in [3.8, 4) is 6.57 Å². The summed E-state index contributed by atoms with van der Waals surface area (Å²) in [5.74, 6) is -1.06. The highest BCUT2D eigenvalue weighted by Gasteiger charge is 2.23. The Morgan fingerprint density at radius 1 is 1.45 bits per heavy atom. The Bertz CT molecular complexity index is 688. The summed E-state index contributed by atoms with van der Waals surface area (Å²) >= 11 is 0. The molecule has 0 aromatic carbocycles. The largest absolute Gasteiger partial charge is 0.467 e. The third-order valence-corrected chi connectivity index (χ3v) is 2.90. The minimum atomic E-state index is -0.848. The molecular formula is C14H14N5O3+. The van der Waals surface area contributed by atoms with Gasteiger partial charge in [-0.05, 0) is 10.9 Å². The maximum atomic E-state index is 12.1. The van der Waals surface area contributed by atoms with E-state index in [4.69, 9.17) is 11.3 Å². The second-order valence-corrected chi connectivity index (χ2v) is 4.36. The van der Waals surface area contributed by atoms with Gasteiger partial charge >= 0.3 is 11.7 Å². The number of carbonyl (C=O) groups excluding carboxylic acids is 2. The number of methoxy groups -OCH3 is 1. The van der Waals surface area contributed by atoms with Gasteiger partial charge in [-0.2, -0.15) is 0 Å². The van der Waals surface area contributed by atoms with Gasteiger partial charge in [0.1, 0.15) is 17.9 Å². The Morgan fingerprint density at radius 3 is 2.82 bits per heavy atom. The molecular weight excluding hydrogens is 286 g/mol. The first-order chi connectivity index (χ1) is 10.6. The second-order valence-electron chi connectivity index (χ2n) is 4.36. The van der Waals surface area contributed by atoms with Gasteiger partial charge in [0, 0.05) is 24.4 Å². The number of nitrogens with one attached hydrogen (secondary N) is 2. The number of carbonyl (C=O) groups is 2. The molecule has 1 atom stereocenters. The monoisotopic (exact) mass is 300 g/mol. The Kier molecular flexibility index (Phi) is 4.82. The molecule has 0 fully saturated rings. The van der Waals surface area contributed by atoms with Crippen LogP contribution in [0.4, 0.5) is 5.69 Å². The normalized spacial score (nSPS) is 11.3. The zero-order valence-electron chi connectivity index (χ0n) is 11.8. The predicted molar refractivity (Wildman–Crippen MR) is 77.8 cm³/mol. The van der Waals surface area contributed by atoms with E-state index in [9.17, 15) is 9.59 Å². The average Bonchev–Trinajstić information content (AvgIpc) is 3.06. The van der Waals surface area contributed by atoms with E-state index in [0.717, 1.165) is 0 Å². The van der Waals surface area contributed by atoms with Crippen molar-refractivity contribution in [2.45, 2.75) is 12.5 Å². The lowest BCUT2D eigenvalue weighted by Crippen LogP contribution is -2.43. The van der Waals surface area contributed by atoms with Crippen LogP contribution in [0.1, 0.15) is 16.2 Å². The molecule has 0 saturated carbocycles. The van der Waals surface area contributed by atoms with Crippen molar-refractivity contribution in [1.29, 1.82) is 0 Å². The van der Waals surface area contributed by atoms with Crippen molar-refractivity contribution in [2.75, 3.05) is 7.11 Å². The average molecular weight is 300 g/mol. The molecule has 0 unspecified atom stereocenters. The van der Waals surface area contributed by atoms with Crippen LogP contribution in [-0.4, -0.2) is 40.0 Å². The van der Waals surface area contributed by atoms with Crippen LogP contribution < -0.4 is 5.32 Å². The van der Waals surface area contributed by atoms with Gasteiger partial charge in [-0.3, -0.25) is 4.79 Å². The van der Waals surface area contributed by atoms with E-state index < -0.39 is 17.9 Å². The number of amides is 1. The summed E-state index contributed by atoms with van der Waals surface area (Å²) < 4.78 is 4.69. The third-order valence-electron chi connectivity index (χ3n) is 2.90. The van der Waals surface area contributed by atoms with Gasteiger partial charge in [0.2, 0.25) is 0 Å². The fourth-order valence-corrected chi connectivity index (χ4v) is 1.78. The number of esters is 1. The van der Waals surface area contributed by atoms with Crippen LogP contribution in [0, 0.1) is 6.57 Å². The molecule has 0 spiro atoms. The molecule has 2 aromatic heterocycles. The van der Waals surface area contributed by atoms with E-state index >= 15 is 0 Å². The van der Waals surface area contributed by atoms with Gasteiger partial charge < -0.3 is 15.0 Å². The molecule has 2 heterocycles. The van der Waals surface area contributed by atoms with Crippen LogP contribution in [0.2, 0.25) is 0 Å². The van der Waals surface area contributed by atoms with Gasteiger partial charge in [0.05, 0.1) is 13.4 Å². The number of rotatable bonds is 5. The molecule has 0 aliphatic heterocycles. The molecule has 0 saturated heterocycles. The maximum Gasteiger partial charge on any atom is 0.357 e. The van der Waals surface area contributed by atoms with Gasteiger partial charge in [0.25, 0.3) is 12.5 Å². The Labute approximate surface area is 126 Å². The zero-order chi connectivity index (χ0) is 15.9. The number of nitrogens with zero attached hydrogens (tertiary/aromatic N) is 3. The van der Waals surface area contributed by atoms with E-state index in [1.807, 2.05) is 0 Å². The van der Waals surface area contributed by atoms with Crippen molar-refractivity contribution < 1.29 is 14.3 Å². The topological polar surface area (TPSA) is 101 Å². The summed E-state index contributed by atoms with van der Waals surface area (Å²) in [5, 5.41) is 2.57. The molecule has 2 N–H and O–H groups in total. The summed E-state index contributed by atoms with van der Waals surface area (Å²) in [7, 11) is 1.25. The summed E-state index contributed by atoms with van der Waals surface area (Å²) in [6.45, 7) is 5.10. The third kappa shape index (κ3) is 3.67. The number of H-pyrrole nitrogens is 1. The van der Waals surface area contributed by atoms with Gasteiger partial charge in [-0.15, -0.1) is 0 Å². The first-order valence-corrected chi connectivity index (χ1v) is 6.37. The first-order valence-electron chi connectivity index (χ1n) is 6.37. The maximum absolute atomic E-state index is 12.1. The van der Waals surface area contributed by atoms with Crippen LogP contribution in [0.3, 0.4) is 0 Å². The predicted octanol–water partition coefficient (Wildman–Crippen LogP) is 0.913. The van der Waals surface area contributed by atoms with Gasteiger partial charge in [-0.1, -0.05) is 0 Å². The van der Waals surface area contributed by atoms with Crippen molar-refractivity contribution in [3.63, 3.8) is 0 Å². The SMILES string of the molecule is C#[N+]c1ccc(C(=O)N[C@H](Cc2cnc[nH]2)C(=O)OC)nc1. The number of pyridine rings is 1. The van der Waals surface area contributed by atoms with Crippen LogP contribution in [-0.2, 0) is 16.0 Å². The van der Waals surface area contributed by atoms with Crippen molar-refractivity contribution in [1.82, 2.24) is 20.3 Å². The summed E-state index contributed by atoms with van der Waals surface area (Å²) in [6, 6.07) is 2.16.